The van der Waals surface area contributed by atoms with Crippen molar-refractivity contribution in [2.45, 2.75) is 108 Å². The number of benzene rings is 3. The summed E-state index contributed by atoms with van der Waals surface area (Å²) in [5.41, 5.74) is 6.77. The number of aromatic nitrogens is 4. The lowest BCUT2D eigenvalue weighted by molar-refractivity contribution is -0.136. The number of imidazole rings is 2. The van der Waals surface area contributed by atoms with E-state index in [1.807, 2.05) is 24.9 Å². The van der Waals surface area contributed by atoms with Crippen molar-refractivity contribution in [2.75, 3.05) is 34.0 Å². The van der Waals surface area contributed by atoms with Gasteiger partial charge < -0.3 is 49.6 Å². The monoisotopic (exact) mass is 874 g/mol. The van der Waals surface area contributed by atoms with Gasteiger partial charge in [0, 0.05) is 36.8 Å². The number of rotatable bonds is 10. The fraction of sp³-hybridized carbons (Fsp3) is 0.521. The minimum atomic E-state index is -0.912. The van der Waals surface area contributed by atoms with E-state index in [4.69, 9.17) is 28.9 Å². The normalized spacial score (nSPS) is 23.6. The molecule has 0 bridgehead atoms. The summed E-state index contributed by atoms with van der Waals surface area (Å²) in [5.74, 6) is 2.60. The largest absolute Gasteiger partial charge is 0.488 e. The van der Waals surface area contributed by atoms with E-state index < -0.39 is 30.5 Å². The third-order valence-electron chi connectivity index (χ3n) is 14.6. The number of aliphatic hydroxyl groups is 1. The summed E-state index contributed by atoms with van der Waals surface area (Å²) in [6, 6.07) is 13.5. The minimum Gasteiger partial charge on any atom is -0.488 e. The Morgan fingerprint density at radius 2 is 1.70 bits per heavy atom. The third kappa shape index (κ3) is 7.62. The summed E-state index contributed by atoms with van der Waals surface area (Å²) >= 11 is 0. The third-order valence-corrected chi connectivity index (χ3v) is 14.6. The van der Waals surface area contributed by atoms with E-state index >= 15 is 0 Å². The molecule has 0 radical (unpaired) electrons. The first-order valence-corrected chi connectivity index (χ1v) is 22.9. The number of aliphatic hydroxyl groups excluding tert-OH is 1. The standard InChI is InChI=1S/C48H58N8O8/c1-25(2)40(53-47(59)61-3)46(58)56-36-8-5-7-29(36)21-38(56)44-50-34-13-11-27-20-33-31-12-10-28(19-30(31)24-64-39(33)22-32(27)42(34)52-44)35-23-49-43(51-35)37-9-6-16-55(37)45(57)41(54-48(60)62-4)26-14-17-63-18-15-26/h10-13,19-20,22-23,25-26,29,36-38,40-41,46,58H,5-9,14-18,21,24H2,1-4H3,(H,49,51)(H,50,52)(H,53,59)(H,54,60)/t29-,36-,37?,38-,40-,41-,46?/m0/s1. The van der Waals surface area contributed by atoms with Crippen LogP contribution >= 0.6 is 0 Å². The second-order valence-electron chi connectivity index (χ2n) is 18.5. The predicted molar refractivity (Wildman–Crippen MR) is 238 cm³/mol. The van der Waals surface area contributed by atoms with Crippen LogP contribution in [0.4, 0.5) is 9.59 Å². The molecule has 10 rings (SSSR count). The van der Waals surface area contributed by atoms with Crippen molar-refractivity contribution >= 4 is 39.9 Å². The van der Waals surface area contributed by atoms with Crippen molar-refractivity contribution in [3.63, 3.8) is 0 Å². The van der Waals surface area contributed by atoms with Crippen LogP contribution in [0.25, 0.3) is 44.2 Å². The molecular formula is C48H58N8O8. The van der Waals surface area contributed by atoms with Crippen LogP contribution in [0.2, 0.25) is 0 Å². The first-order chi connectivity index (χ1) is 31.1. The van der Waals surface area contributed by atoms with Gasteiger partial charge in [-0.05, 0) is 109 Å². The number of carbonyl (C=O) groups excluding carboxylic acids is 3. The van der Waals surface area contributed by atoms with Crippen molar-refractivity contribution in [1.82, 2.24) is 40.4 Å². The maximum absolute atomic E-state index is 14.1. The smallest absolute Gasteiger partial charge is 0.407 e. The quantitative estimate of drug-likeness (QED) is 0.0961. The lowest BCUT2D eigenvalue weighted by Crippen LogP contribution is -2.56. The van der Waals surface area contributed by atoms with E-state index in [0.29, 0.717) is 45.1 Å². The van der Waals surface area contributed by atoms with Gasteiger partial charge in [-0.3, -0.25) is 9.69 Å². The second-order valence-corrected chi connectivity index (χ2v) is 18.5. The molecule has 7 atom stereocenters. The highest BCUT2D eigenvalue weighted by Gasteiger charge is 2.50. The first-order valence-electron chi connectivity index (χ1n) is 22.9. The Bertz CT molecular complexity index is 2570. The number of alkyl carbamates (subject to hydrolysis) is 2. The zero-order valence-corrected chi connectivity index (χ0v) is 36.9. The van der Waals surface area contributed by atoms with Gasteiger partial charge in [0.1, 0.15) is 36.3 Å². The van der Waals surface area contributed by atoms with Crippen molar-refractivity contribution in [1.29, 1.82) is 0 Å². The number of hydrogen-bond acceptors (Lipinski definition) is 11. The zero-order chi connectivity index (χ0) is 44.2. The molecule has 16 nitrogen and oxygen atoms in total. The van der Waals surface area contributed by atoms with Crippen LogP contribution in [0.3, 0.4) is 0 Å². The van der Waals surface area contributed by atoms with Gasteiger partial charge in [0.25, 0.3) is 0 Å². The van der Waals surface area contributed by atoms with Crippen LogP contribution < -0.4 is 15.4 Å². The molecule has 2 unspecified atom stereocenters. The van der Waals surface area contributed by atoms with Crippen LogP contribution in [0, 0.1) is 17.8 Å². The van der Waals surface area contributed by atoms with E-state index in [1.165, 1.54) is 14.2 Å². The molecule has 1 aliphatic carbocycles. The van der Waals surface area contributed by atoms with Gasteiger partial charge in [0.15, 0.2) is 0 Å². The van der Waals surface area contributed by atoms with E-state index in [1.54, 1.807) is 0 Å². The molecule has 3 aromatic carbocycles. The van der Waals surface area contributed by atoms with Gasteiger partial charge in [0.2, 0.25) is 5.91 Å². The van der Waals surface area contributed by atoms with Crippen molar-refractivity contribution in [3.8, 4) is 28.1 Å². The molecule has 3 saturated heterocycles. The number of likely N-dealkylation sites (tertiary alicyclic amines) is 2. The number of H-pyrrole nitrogens is 2. The van der Waals surface area contributed by atoms with Crippen LogP contribution in [0.5, 0.6) is 5.75 Å². The van der Waals surface area contributed by atoms with Crippen molar-refractivity contribution in [2.24, 2.45) is 17.8 Å². The predicted octanol–water partition coefficient (Wildman–Crippen LogP) is 7.09. The minimum absolute atomic E-state index is 0.0245. The highest BCUT2D eigenvalue weighted by Crippen LogP contribution is 2.49. The number of methoxy groups -OCH3 is 2. The molecule has 5 aromatic rings. The van der Waals surface area contributed by atoms with Gasteiger partial charge in [-0.2, -0.15) is 0 Å². The molecule has 0 spiro atoms. The highest BCUT2D eigenvalue weighted by atomic mass is 16.5. The Morgan fingerprint density at radius 1 is 0.891 bits per heavy atom. The Hall–Kier alpha value is -5.71. The molecule has 1 saturated carbocycles. The molecular weight excluding hydrogens is 817 g/mol. The van der Waals surface area contributed by atoms with Gasteiger partial charge in [-0.15, -0.1) is 0 Å². The summed E-state index contributed by atoms with van der Waals surface area (Å²) in [5, 5.41) is 19.8. The van der Waals surface area contributed by atoms with Crippen LogP contribution in [-0.4, -0.2) is 111 Å². The maximum atomic E-state index is 14.1. The number of carbonyl (C=O) groups is 3. The Balaban J connectivity index is 0.898. The summed E-state index contributed by atoms with van der Waals surface area (Å²) < 4.78 is 21.9. The second kappa shape index (κ2) is 17.3. The summed E-state index contributed by atoms with van der Waals surface area (Å²) in [6.45, 7) is 6.09. The number of fused-ring (bicyclic) bond motifs is 7. The molecule has 16 heteroatoms. The maximum Gasteiger partial charge on any atom is 0.407 e. The molecule has 5 aliphatic rings. The fourth-order valence-electron chi connectivity index (χ4n) is 11.3. The van der Waals surface area contributed by atoms with E-state index in [2.05, 4.69) is 68.0 Å². The number of nitrogens with zero attached hydrogens (tertiary/aromatic N) is 4. The number of aromatic amines is 2. The van der Waals surface area contributed by atoms with Gasteiger partial charge in [0.05, 0.1) is 55.3 Å². The molecule has 6 heterocycles. The number of amides is 3. The van der Waals surface area contributed by atoms with Crippen LogP contribution in [0.15, 0.2) is 48.7 Å². The SMILES string of the molecule is COC(=O)N[C@@H](C(C)C)C(O)N1[C@H](c2nc3ccc4cc5c(cc4c3[nH]2)OCc2cc(-c3cnc(C4CCCN4C(=O)[C@@H](NC(=O)OC)C4CCOCC4)[nH]3)ccc2-5)C[C@@H]2CCC[C@@H]21. The first kappa shape index (κ1) is 42.3. The molecule has 2 aromatic heterocycles. The average Bonchev–Trinajstić information content (AvgIpc) is 4.17. The highest BCUT2D eigenvalue weighted by molar-refractivity contribution is 6.07. The average molecular weight is 875 g/mol. The lowest BCUT2D eigenvalue weighted by Gasteiger charge is -2.39. The fourth-order valence-corrected chi connectivity index (χ4v) is 11.3. The summed E-state index contributed by atoms with van der Waals surface area (Å²) in [6.07, 6.45) is 6.84. The number of ether oxygens (including phenoxy) is 4. The van der Waals surface area contributed by atoms with E-state index in [-0.39, 0.29) is 35.9 Å². The lowest BCUT2D eigenvalue weighted by atomic mass is 9.90. The Kier molecular flexibility index (Phi) is 11.5. The molecule has 3 amide bonds. The van der Waals surface area contributed by atoms with Crippen LogP contribution in [0.1, 0.15) is 94.5 Å². The van der Waals surface area contributed by atoms with Gasteiger partial charge in [-0.25, -0.2) is 19.6 Å². The van der Waals surface area contributed by atoms with Gasteiger partial charge >= 0.3 is 12.2 Å². The Morgan fingerprint density at radius 3 is 2.50 bits per heavy atom. The van der Waals surface area contributed by atoms with Gasteiger partial charge in [-0.1, -0.05) is 38.5 Å². The summed E-state index contributed by atoms with van der Waals surface area (Å²) in [4.78, 5) is 60.0. The topological polar surface area (TPSA) is 196 Å². The van der Waals surface area contributed by atoms with Crippen molar-refractivity contribution in [3.05, 3.63) is 65.9 Å². The van der Waals surface area contributed by atoms with Crippen molar-refractivity contribution < 1.29 is 38.4 Å². The van der Waals surface area contributed by atoms with E-state index in [0.717, 1.165) is 106 Å². The molecule has 338 valence electrons. The molecule has 64 heavy (non-hydrogen) atoms. The molecule has 4 fully saturated rings. The van der Waals surface area contributed by atoms with Crippen LogP contribution in [-0.2, 0) is 25.6 Å². The van der Waals surface area contributed by atoms with E-state index in [9.17, 15) is 19.5 Å². The zero-order valence-electron chi connectivity index (χ0n) is 36.9. The number of hydrogen-bond donors (Lipinski definition) is 5. The summed E-state index contributed by atoms with van der Waals surface area (Å²) in [7, 11) is 2.65. The molecule has 4 aliphatic heterocycles. The Labute approximate surface area is 371 Å². The number of nitrogens with one attached hydrogen (secondary N) is 4. The molecule has 5 N–H and O–H groups in total.